The highest BCUT2D eigenvalue weighted by Crippen LogP contribution is 2.10. The van der Waals surface area contributed by atoms with Crippen LogP contribution in [0.1, 0.15) is 44.9 Å². The molecular weight excluding hydrogens is 172 g/mol. The van der Waals surface area contributed by atoms with Crippen LogP contribution in [0.3, 0.4) is 0 Å². The van der Waals surface area contributed by atoms with Gasteiger partial charge in [0.1, 0.15) is 0 Å². The van der Waals surface area contributed by atoms with Crippen molar-refractivity contribution in [3.05, 3.63) is 0 Å². The lowest BCUT2D eigenvalue weighted by atomic mass is 10.1. The molecule has 0 aliphatic carbocycles. The molecule has 1 aliphatic heterocycles. The molecule has 13 heavy (non-hydrogen) atoms. The molecule has 1 heterocycles. The van der Waals surface area contributed by atoms with Crippen molar-refractivity contribution in [2.75, 3.05) is 0 Å². The van der Waals surface area contributed by atoms with E-state index in [4.69, 9.17) is 0 Å². The number of carbonyl (C=O) groups excluding carboxylic acids is 2. The van der Waals surface area contributed by atoms with Crippen molar-refractivity contribution in [3.8, 4) is 0 Å². The molecule has 0 bridgehead atoms. The number of hydrogen-bond acceptors (Lipinski definition) is 4. The second-order valence-electron chi connectivity index (χ2n) is 3.18. The molecule has 0 aromatic heterocycles. The van der Waals surface area contributed by atoms with Crippen molar-refractivity contribution in [2.24, 2.45) is 0 Å². The van der Waals surface area contributed by atoms with E-state index in [9.17, 15) is 9.59 Å². The van der Waals surface area contributed by atoms with E-state index in [1.165, 1.54) is 0 Å². The minimum absolute atomic E-state index is 0.341. The Morgan fingerprint density at radius 2 is 1.08 bits per heavy atom. The predicted molar refractivity (Wildman–Crippen MR) is 44.5 cm³/mol. The van der Waals surface area contributed by atoms with Gasteiger partial charge in [0.15, 0.2) is 0 Å². The molecule has 0 N–H and O–H groups in total. The summed E-state index contributed by atoms with van der Waals surface area (Å²) in [5.41, 5.74) is 0. The zero-order valence-corrected chi connectivity index (χ0v) is 7.58. The molecule has 74 valence electrons. The molecule has 1 rings (SSSR count). The minimum Gasteiger partial charge on any atom is -0.247 e. The second-order valence-corrected chi connectivity index (χ2v) is 3.18. The van der Waals surface area contributed by atoms with Gasteiger partial charge in [-0.25, -0.2) is 19.4 Å². The number of hydrogen-bond donors (Lipinski definition) is 0. The fraction of sp³-hybridized carbons (Fsp3) is 0.778. The van der Waals surface area contributed by atoms with E-state index in [2.05, 4.69) is 9.78 Å². The van der Waals surface area contributed by atoms with Crippen molar-refractivity contribution in [1.29, 1.82) is 0 Å². The largest absolute Gasteiger partial charge is 0.355 e. The Hall–Kier alpha value is -1.06. The summed E-state index contributed by atoms with van der Waals surface area (Å²) < 4.78 is 0. The van der Waals surface area contributed by atoms with E-state index in [1.807, 2.05) is 0 Å². The van der Waals surface area contributed by atoms with E-state index in [0.717, 1.165) is 32.1 Å². The van der Waals surface area contributed by atoms with Gasteiger partial charge in [-0.05, 0) is 12.8 Å². The van der Waals surface area contributed by atoms with E-state index < -0.39 is 11.9 Å². The van der Waals surface area contributed by atoms with Crippen molar-refractivity contribution in [1.82, 2.24) is 0 Å². The van der Waals surface area contributed by atoms with Gasteiger partial charge in [-0.3, -0.25) is 0 Å². The highest BCUT2D eigenvalue weighted by molar-refractivity contribution is 5.72. The molecule has 0 radical (unpaired) electrons. The fourth-order valence-electron chi connectivity index (χ4n) is 1.25. The summed E-state index contributed by atoms with van der Waals surface area (Å²) in [7, 11) is 0. The van der Waals surface area contributed by atoms with Gasteiger partial charge in [0, 0.05) is 0 Å². The summed E-state index contributed by atoms with van der Waals surface area (Å²) >= 11 is 0. The third kappa shape index (κ3) is 4.50. The van der Waals surface area contributed by atoms with Gasteiger partial charge >= 0.3 is 11.9 Å². The molecule has 1 fully saturated rings. The Kier molecular flexibility index (Phi) is 4.29. The average molecular weight is 186 g/mol. The van der Waals surface area contributed by atoms with Crippen molar-refractivity contribution in [3.63, 3.8) is 0 Å². The van der Waals surface area contributed by atoms with Crippen LogP contribution in [0, 0.1) is 0 Å². The summed E-state index contributed by atoms with van der Waals surface area (Å²) in [6.07, 6.45) is 5.42. The minimum atomic E-state index is -0.449. The topological polar surface area (TPSA) is 52.6 Å². The van der Waals surface area contributed by atoms with Gasteiger partial charge < -0.3 is 0 Å². The first-order valence-corrected chi connectivity index (χ1v) is 4.69. The molecule has 1 saturated heterocycles. The quantitative estimate of drug-likeness (QED) is 0.540. The van der Waals surface area contributed by atoms with Crippen LogP contribution in [-0.2, 0) is 19.4 Å². The predicted octanol–water partition coefficient (Wildman–Crippen LogP) is 1.73. The fourth-order valence-corrected chi connectivity index (χ4v) is 1.25. The molecule has 1 aliphatic rings. The average Bonchev–Trinajstić information content (AvgIpc) is 2.15. The molecule has 0 saturated carbocycles. The van der Waals surface area contributed by atoms with Crippen LogP contribution in [0.25, 0.3) is 0 Å². The van der Waals surface area contributed by atoms with Crippen molar-refractivity contribution in [2.45, 2.75) is 44.9 Å². The van der Waals surface area contributed by atoms with Crippen LogP contribution in [0.4, 0.5) is 0 Å². The maximum Gasteiger partial charge on any atom is 0.355 e. The van der Waals surface area contributed by atoms with Gasteiger partial charge in [0.05, 0.1) is 12.8 Å². The summed E-state index contributed by atoms with van der Waals surface area (Å²) in [6, 6.07) is 0. The summed E-state index contributed by atoms with van der Waals surface area (Å²) in [5, 5.41) is 0. The lowest BCUT2D eigenvalue weighted by Crippen LogP contribution is -2.10. The van der Waals surface area contributed by atoms with Crippen LogP contribution in [0.2, 0.25) is 0 Å². The molecule has 4 heteroatoms. The summed E-state index contributed by atoms with van der Waals surface area (Å²) in [4.78, 5) is 30.3. The smallest absolute Gasteiger partial charge is 0.247 e. The monoisotopic (exact) mass is 186 g/mol. The first-order valence-electron chi connectivity index (χ1n) is 4.69. The van der Waals surface area contributed by atoms with Crippen LogP contribution in [-0.4, -0.2) is 11.9 Å². The lowest BCUT2D eigenvalue weighted by molar-refractivity contribution is -0.259. The Labute approximate surface area is 77.1 Å². The first kappa shape index (κ1) is 10.0. The standard InChI is InChI=1S/C9H14O4/c10-8-6-4-2-1-3-5-7-9(11)13-12-8/h1-7H2. The van der Waals surface area contributed by atoms with E-state index in [1.54, 1.807) is 0 Å². The Bertz CT molecular complexity index is 168. The maximum atomic E-state index is 10.9. The Morgan fingerprint density at radius 3 is 1.54 bits per heavy atom. The van der Waals surface area contributed by atoms with Crippen LogP contribution in [0.15, 0.2) is 0 Å². The third-order valence-corrected chi connectivity index (χ3v) is 1.99. The molecule has 0 aromatic carbocycles. The van der Waals surface area contributed by atoms with Crippen molar-refractivity contribution >= 4 is 11.9 Å². The van der Waals surface area contributed by atoms with Crippen LogP contribution < -0.4 is 0 Å². The zero-order valence-electron chi connectivity index (χ0n) is 7.58. The Balaban J connectivity index is 2.32. The molecule has 0 unspecified atom stereocenters. The van der Waals surface area contributed by atoms with Crippen LogP contribution >= 0.6 is 0 Å². The van der Waals surface area contributed by atoms with Gasteiger partial charge in [-0.1, -0.05) is 19.3 Å². The molecule has 0 amide bonds. The summed E-state index contributed by atoms with van der Waals surface area (Å²) in [5.74, 6) is -0.898. The van der Waals surface area contributed by atoms with E-state index in [-0.39, 0.29) is 0 Å². The van der Waals surface area contributed by atoms with Crippen LogP contribution in [0.5, 0.6) is 0 Å². The normalized spacial score (nSPS) is 21.2. The number of rotatable bonds is 0. The lowest BCUT2D eigenvalue weighted by Gasteiger charge is -2.00. The molecule has 0 spiro atoms. The number of carbonyl (C=O) groups is 2. The maximum absolute atomic E-state index is 10.9. The first-order chi connectivity index (χ1) is 6.29. The molecule has 4 nitrogen and oxygen atoms in total. The molecule has 0 atom stereocenters. The van der Waals surface area contributed by atoms with E-state index in [0.29, 0.717) is 12.8 Å². The SMILES string of the molecule is O=C1CCCCCCCC(=O)OO1. The Morgan fingerprint density at radius 1 is 0.692 bits per heavy atom. The second kappa shape index (κ2) is 5.56. The third-order valence-electron chi connectivity index (χ3n) is 1.99. The highest BCUT2D eigenvalue weighted by atomic mass is 17.2. The van der Waals surface area contributed by atoms with Gasteiger partial charge in [0.2, 0.25) is 0 Å². The summed E-state index contributed by atoms with van der Waals surface area (Å²) in [6.45, 7) is 0. The van der Waals surface area contributed by atoms with Gasteiger partial charge in [-0.15, -0.1) is 0 Å². The highest BCUT2D eigenvalue weighted by Gasteiger charge is 2.10. The van der Waals surface area contributed by atoms with Crippen molar-refractivity contribution < 1.29 is 19.4 Å². The molecular formula is C9H14O4. The molecule has 0 aromatic rings. The zero-order chi connectivity index (χ0) is 9.52. The van der Waals surface area contributed by atoms with E-state index >= 15 is 0 Å². The van der Waals surface area contributed by atoms with Gasteiger partial charge in [-0.2, -0.15) is 0 Å². The van der Waals surface area contributed by atoms with Gasteiger partial charge in [0.25, 0.3) is 0 Å².